The van der Waals surface area contributed by atoms with Gasteiger partial charge in [0, 0.05) is 29.0 Å². The van der Waals surface area contributed by atoms with Crippen LogP contribution < -0.4 is 4.90 Å². The van der Waals surface area contributed by atoms with Crippen molar-refractivity contribution < 1.29 is 13.2 Å². The molecule has 1 amide bonds. The number of amidine groups is 1. The number of anilines is 1. The molecule has 2 aliphatic rings. The highest BCUT2D eigenvalue weighted by Gasteiger charge is 2.29. The van der Waals surface area contributed by atoms with E-state index < -0.39 is 10.0 Å². The van der Waals surface area contributed by atoms with E-state index in [4.69, 9.17) is 5.10 Å². The highest BCUT2D eigenvalue weighted by molar-refractivity contribution is 8.15. The molecule has 1 aromatic heterocycles. The summed E-state index contributed by atoms with van der Waals surface area (Å²) >= 11 is 1.26. The van der Waals surface area contributed by atoms with Crippen LogP contribution >= 0.6 is 11.8 Å². The normalized spacial score (nSPS) is 16.5. The minimum atomic E-state index is -4.03. The number of nitrogens with zero attached hydrogens (tertiary/aromatic N) is 4. The zero-order valence-corrected chi connectivity index (χ0v) is 21.8. The maximum absolute atomic E-state index is 13.2. The van der Waals surface area contributed by atoms with Gasteiger partial charge in [-0.05, 0) is 61.7 Å². The van der Waals surface area contributed by atoms with E-state index in [0.717, 1.165) is 35.5 Å². The zero-order valence-electron chi connectivity index (χ0n) is 20.2. The Hall–Kier alpha value is -3.69. The summed E-state index contributed by atoms with van der Waals surface area (Å²) in [5.74, 6) is 0.316. The molecule has 1 aliphatic heterocycles. The van der Waals surface area contributed by atoms with Gasteiger partial charge in [-0.3, -0.25) is 9.69 Å². The molecule has 0 saturated carbocycles. The summed E-state index contributed by atoms with van der Waals surface area (Å²) < 4.78 is 32.4. The first-order valence-corrected chi connectivity index (χ1v) is 14.5. The third-order valence-corrected chi connectivity index (χ3v) is 9.07. The molecule has 1 fully saturated rings. The SMILES string of the molecule is Cc1c2c(nn1-c1ccc(S(=O)(=O)/N=C3\SCCC(=O)N3c3ccccc3)cc1)-c1ccccc1CC2. The van der Waals surface area contributed by atoms with Crippen LogP contribution in [0.4, 0.5) is 5.69 Å². The number of para-hydroxylation sites is 1. The molecule has 4 aromatic rings. The Kier molecular flexibility index (Phi) is 5.97. The smallest absolute Gasteiger partial charge is 0.274 e. The van der Waals surface area contributed by atoms with E-state index in [1.807, 2.05) is 23.7 Å². The minimum absolute atomic E-state index is 0.0651. The third-order valence-electron chi connectivity index (χ3n) is 6.74. The topological polar surface area (TPSA) is 84.6 Å². The number of aryl methyl sites for hydroxylation is 1. The van der Waals surface area contributed by atoms with Crippen molar-refractivity contribution >= 4 is 38.5 Å². The second-order valence-electron chi connectivity index (χ2n) is 8.99. The number of thioether (sulfide) groups is 1. The molecule has 0 unspecified atom stereocenters. The van der Waals surface area contributed by atoms with Crippen LogP contribution in [0.1, 0.15) is 23.2 Å². The van der Waals surface area contributed by atoms with E-state index in [2.05, 4.69) is 22.6 Å². The Labute approximate surface area is 219 Å². The summed E-state index contributed by atoms with van der Waals surface area (Å²) in [4.78, 5) is 14.1. The first-order valence-electron chi connectivity index (χ1n) is 12.1. The Bertz CT molecular complexity index is 1640. The quantitative estimate of drug-likeness (QED) is 0.365. The maximum Gasteiger partial charge on any atom is 0.284 e. The summed E-state index contributed by atoms with van der Waals surface area (Å²) in [7, 11) is -4.03. The third kappa shape index (κ3) is 4.28. The molecule has 1 aliphatic carbocycles. The Morgan fingerprint density at radius 3 is 2.38 bits per heavy atom. The van der Waals surface area contributed by atoms with E-state index in [1.54, 1.807) is 48.5 Å². The van der Waals surface area contributed by atoms with Gasteiger partial charge in [0.2, 0.25) is 5.91 Å². The Balaban J connectivity index is 1.33. The number of amides is 1. The number of carbonyl (C=O) groups excluding carboxylic acids is 1. The fourth-order valence-electron chi connectivity index (χ4n) is 4.86. The lowest BCUT2D eigenvalue weighted by Crippen LogP contribution is -2.39. The highest BCUT2D eigenvalue weighted by Crippen LogP contribution is 2.35. The molecular weight excluding hydrogens is 504 g/mol. The molecule has 37 heavy (non-hydrogen) atoms. The van der Waals surface area contributed by atoms with Gasteiger partial charge in [0.1, 0.15) is 0 Å². The number of hydrogen-bond donors (Lipinski definition) is 0. The fourth-order valence-corrected chi connectivity index (χ4v) is 7.03. The van der Waals surface area contributed by atoms with Crippen molar-refractivity contribution in [1.29, 1.82) is 0 Å². The number of hydrogen-bond acceptors (Lipinski definition) is 5. The summed E-state index contributed by atoms with van der Waals surface area (Å²) in [5.41, 5.74) is 7.10. The molecule has 0 bridgehead atoms. The van der Waals surface area contributed by atoms with Crippen molar-refractivity contribution in [2.24, 2.45) is 4.40 Å². The highest BCUT2D eigenvalue weighted by atomic mass is 32.2. The van der Waals surface area contributed by atoms with Crippen LogP contribution in [0, 0.1) is 6.92 Å². The molecule has 0 spiro atoms. The lowest BCUT2D eigenvalue weighted by molar-refractivity contribution is -0.117. The molecule has 0 radical (unpaired) electrons. The predicted octanol–water partition coefficient (Wildman–Crippen LogP) is 5.16. The van der Waals surface area contributed by atoms with Crippen LogP contribution in [-0.4, -0.2) is 35.0 Å². The number of aromatic nitrogens is 2. The number of fused-ring (bicyclic) bond motifs is 3. The summed E-state index contributed by atoms with van der Waals surface area (Å²) in [6.07, 6.45) is 2.23. The van der Waals surface area contributed by atoms with Crippen LogP contribution in [0.2, 0.25) is 0 Å². The zero-order chi connectivity index (χ0) is 25.6. The lowest BCUT2D eigenvalue weighted by atomic mass is 9.89. The van der Waals surface area contributed by atoms with Gasteiger partial charge >= 0.3 is 0 Å². The first kappa shape index (κ1) is 23.7. The second-order valence-corrected chi connectivity index (χ2v) is 11.7. The van der Waals surface area contributed by atoms with Crippen molar-refractivity contribution in [3.63, 3.8) is 0 Å². The number of carbonyl (C=O) groups is 1. The summed E-state index contributed by atoms with van der Waals surface area (Å²) in [5, 5.41) is 5.06. The summed E-state index contributed by atoms with van der Waals surface area (Å²) in [6.45, 7) is 2.05. The standard InChI is InChI=1S/C28H24N4O3S2/c1-19-24-16-11-20-7-5-6-10-25(20)27(24)29-32(19)22-12-14-23(15-13-22)37(34,35)30-28-31(26(33)17-18-36-28)21-8-3-2-4-9-21/h2-10,12-15H,11,16-18H2,1H3/b30-28-. The molecule has 186 valence electrons. The molecule has 6 rings (SSSR count). The Morgan fingerprint density at radius 1 is 0.865 bits per heavy atom. The van der Waals surface area contributed by atoms with Crippen LogP contribution in [-0.2, 0) is 27.7 Å². The Morgan fingerprint density at radius 2 is 1.59 bits per heavy atom. The van der Waals surface area contributed by atoms with E-state index in [1.165, 1.54) is 27.8 Å². The van der Waals surface area contributed by atoms with Crippen LogP contribution in [0.5, 0.6) is 0 Å². The van der Waals surface area contributed by atoms with E-state index >= 15 is 0 Å². The van der Waals surface area contributed by atoms with E-state index in [-0.39, 0.29) is 16.0 Å². The number of sulfonamides is 1. The van der Waals surface area contributed by atoms with Crippen LogP contribution in [0.25, 0.3) is 16.9 Å². The molecule has 9 heteroatoms. The monoisotopic (exact) mass is 528 g/mol. The van der Waals surface area contributed by atoms with Gasteiger partial charge in [-0.2, -0.15) is 13.5 Å². The van der Waals surface area contributed by atoms with Gasteiger partial charge in [-0.25, -0.2) is 4.68 Å². The maximum atomic E-state index is 13.2. The van der Waals surface area contributed by atoms with Gasteiger partial charge in [-0.15, -0.1) is 4.40 Å². The molecule has 1 saturated heterocycles. The van der Waals surface area contributed by atoms with Crippen molar-refractivity contribution in [3.05, 3.63) is 95.7 Å². The lowest BCUT2D eigenvalue weighted by Gasteiger charge is -2.27. The van der Waals surface area contributed by atoms with E-state index in [9.17, 15) is 13.2 Å². The molecular formula is C28H24N4O3S2. The average molecular weight is 529 g/mol. The van der Waals surface area contributed by atoms with Crippen LogP contribution in [0.15, 0.2) is 88.2 Å². The predicted molar refractivity (Wildman–Crippen MR) is 147 cm³/mol. The summed E-state index contributed by atoms with van der Waals surface area (Å²) in [6, 6.07) is 23.9. The minimum Gasteiger partial charge on any atom is -0.274 e. The van der Waals surface area contributed by atoms with Crippen molar-refractivity contribution in [2.75, 3.05) is 10.7 Å². The van der Waals surface area contributed by atoms with Gasteiger partial charge in [-0.1, -0.05) is 54.2 Å². The van der Waals surface area contributed by atoms with Crippen molar-refractivity contribution in [3.8, 4) is 16.9 Å². The molecule has 7 nitrogen and oxygen atoms in total. The van der Waals surface area contributed by atoms with Crippen molar-refractivity contribution in [1.82, 2.24) is 9.78 Å². The fraction of sp³-hybridized carbons (Fsp3) is 0.179. The number of benzene rings is 3. The van der Waals surface area contributed by atoms with Crippen molar-refractivity contribution in [2.45, 2.75) is 31.1 Å². The second kappa shape index (κ2) is 9.32. The van der Waals surface area contributed by atoms with E-state index in [0.29, 0.717) is 17.9 Å². The average Bonchev–Trinajstić information content (AvgIpc) is 3.26. The van der Waals surface area contributed by atoms with Gasteiger partial charge in [0.25, 0.3) is 10.0 Å². The molecule has 3 aromatic carbocycles. The molecule has 0 N–H and O–H groups in total. The molecule has 0 atom stereocenters. The van der Waals surface area contributed by atoms with Gasteiger partial charge < -0.3 is 0 Å². The number of rotatable bonds is 4. The largest absolute Gasteiger partial charge is 0.284 e. The molecule has 2 heterocycles. The first-order chi connectivity index (χ1) is 17.9. The van der Waals surface area contributed by atoms with Crippen LogP contribution in [0.3, 0.4) is 0 Å². The van der Waals surface area contributed by atoms with Gasteiger partial charge in [0.15, 0.2) is 5.17 Å². The van der Waals surface area contributed by atoms with Gasteiger partial charge in [0.05, 0.1) is 22.0 Å².